The standard InChI is InChI=1S/C20H17ClN2O6S/c1-3-28-20(25)19-17(29-30(26,27)14-10-8-13(2)9-11-14)12-18(24)23(22-19)16-7-5-4-6-15(16)21/h4-12H,3H2,1-2H3. The number of aryl methyl sites for hydroxylation is 1. The summed E-state index contributed by atoms with van der Waals surface area (Å²) in [7, 11) is -4.33. The summed E-state index contributed by atoms with van der Waals surface area (Å²) in [4.78, 5) is 24.9. The fourth-order valence-corrected chi connectivity index (χ4v) is 3.66. The molecule has 0 atom stereocenters. The minimum Gasteiger partial charge on any atom is -0.461 e. The van der Waals surface area contributed by atoms with Crippen molar-refractivity contribution in [2.75, 3.05) is 6.61 Å². The minimum absolute atomic E-state index is 0.00981. The predicted octanol–water partition coefficient (Wildman–Crippen LogP) is 3.14. The van der Waals surface area contributed by atoms with Crippen molar-refractivity contribution in [1.82, 2.24) is 9.78 Å². The van der Waals surface area contributed by atoms with Gasteiger partial charge >= 0.3 is 16.1 Å². The topological polar surface area (TPSA) is 105 Å². The summed E-state index contributed by atoms with van der Waals surface area (Å²) in [5, 5.41) is 4.18. The summed E-state index contributed by atoms with van der Waals surface area (Å²) < 4.78 is 36.2. The van der Waals surface area contributed by atoms with Gasteiger partial charge in [-0.1, -0.05) is 41.4 Å². The fourth-order valence-electron chi connectivity index (χ4n) is 2.51. The molecule has 0 aliphatic heterocycles. The van der Waals surface area contributed by atoms with Crippen LogP contribution in [0.1, 0.15) is 23.0 Å². The molecule has 8 nitrogen and oxygen atoms in total. The number of rotatable bonds is 6. The highest BCUT2D eigenvalue weighted by Gasteiger charge is 2.25. The van der Waals surface area contributed by atoms with Gasteiger partial charge in [-0.05, 0) is 38.1 Å². The smallest absolute Gasteiger partial charge is 0.362 e. The lowest BCUT2D eigenvalue weighted by Crippen LogP contribution is -2.26. The summed E-state index contributed by atoms with van der Waals surface area (Å²) in [5.41, 5.74) is -0.162. The molecule has 10 heteroatoms. The van der Waals surface area contributed by atoms with E-state index >= 15 is 0 Å². The van der Waals surface area contributed by atoms with E-state index < -0.39 is 33.1 Å². The summed E-state index contributed by atoms with van der Waals surface area (Å²) in [6, 6.07) is 13.1. The lowest BCUT2D eigenvalue weighted by molar-refractivity contribution is 0.0515. The van der Waals surface area contributed by atoms with Gasteiger partial charge in [0.05, 0.1) is 23.4 Å². The van der Waals surface area contributed by atoms with Gasteiger partial charge in [0, 0.05) is 0 Å². The van der Waals surface area contributed by atoms with Gasteiger partial charge in [-0.2, -0.15) is 18.2 Å². The third kappa shape index (κ3) is 4.52. The number of para-hydroxylation sites is 1. The Hall–Kier alpha value is -3.17. The molecule has 1 aromatic heterocycles. The second-order valence-corrected chi connectivity index (χ2v) is 8.08. The SMILES string of the molecule is CCOC(=O)c1nn(-c2ccccc2Cl)c(=O)cc1OS(=O)(=O)c1ccc(C)cc1. The van der Waals surface area contributed by atoms with E-state index in [-0.39, 0.29) is 22.2 Å². The van der Waals surface area contributed by atoms with E-state index in [1.165, 1.54) is 18.2 Å². The van der Waals surface area contributed by atoms with Crippen molar-refractivity contribution in [2.24, 2.45) is 0 Å². The maximum atomic E-state index is 12.6. The van der Waals surface area contributed by atoms with Crippen LogP contribution in [-0.4, -0.2) is 30.8 Å². The molecule has 3 rings (SSSR count). The lowest BCUT2D eigenvalue weighted by atomic mass is 10.2. The molecule has 0 unspecified atom stereocenters. The third-order valence-corrected chi connectivity index (χ3v) is 5.52. The van der Waals surface area contributed by atoms with Crippen LogP contribution in [0.3, 0.4) is 0 Å². The number of aromatic nitrogens is 2. The Morgan fingerprint density at radius 1 is 1.13 bits per heavy atom. The Balaban J connectivity index is 2.13. The Labute approximate surface area is 177 Å². The monoisotopic (exact) mass is 448 g/mol. The second kappa shape index (κ2) is 8.68. The van der Waals surface area contributed by atoms with E-state index in [0.717, 1.165) is 16.3 Å². The number of benzene rings is 2. The van der Waals surface area contributed by atoms with Crippen LogP contribution in [0.15, 0.2) is 64.3 Å². The van der Waals surface area contributed by atoms with Crippen molar-refractivity contribution in [3.8, 4) is 11.4 Å². The zero-order chi connectivity index (χ0) is 21.9. The number of hydrogen-bond acceptors (Lipinski definition) is 7. The van der Waals surface area contributed by atoms with E-state index in [4.69, 9.17) is 20.5 Å². The summed E-state index contributed by atoms with van der Waals surface area (Å²) in [6.45, 7) is 3.38. The van der Waals surface area contributed by atoms with Crippen LogP contribution >= 0.6 is 11.6 Å². The third-order valence-electron chi connectivity index (χ3n) is 3.96. The Bertz CT molecular complexity index is 1250. The van der Waals surface area contributed by atoms with Crippen LogP contribution in [0.4, 0.5) is 0 Å². The quantitative estimate of drug-likeness (QED) is 0.421. The number of nitrogens with zero attached hydrogens (tertiary/aromatic N) is 2. The van der Waals surface area contributed by atoms with Crippen molar-refractivity contribution in [3.05, 3.63) is 81.2 Å². The molecule has 0 saturated carbocycles. The van der Waals surface area contributed by atoms with Crippen molar-refractivity contribution in [2.45, 2.75) is 18.7 Å². The average Bonchev–Trinajstić information content (AvgIpc) is 2.69. The maximum absolute atomic E-state index is 12.6. The molecule has 156 valence electrons. The van der Waals surface area contributed by atoms with E-state index in [9.17, 15) is 18.0 Å². The Morgan fingerprint density at radius 2 is 1.80 bits per heavy atom. The van der Waals surface area contributed by atoms with Crippen LogP contribution < -0.4 is 9.74 Å². The molecule has 1 heterocycles. The predicted molar refractivity (Wildman–Crippen MR) is 110 cm³/mol. The second-order valence-electron chi connectivity index (χ2n) is 6.13. The highest BCUT2D eigenvalue weighted by molar-refractivity contribution is 7.87. The van der Waals surface area contributed by atoms with Gasteiger partial charge < -0.3 is 8.92 Å². The summed E-state index contributed by atoms with van der Waals surface area (Å²) >= 11 is 6.12. The summed E-state index contributed by atoms with van der Waals surface area (Å²) in [5.74, 6) is -1.49. The van der Waals surface area contributed by atoms with Gasteiger partial charge in [-0.15, -0.1) is 0 Å². The molecule has 0 amide bonds. The van der Waals surface area contributed by atoms with Gasteiger partial charge in [-0.25, -0.2) is 4.79 Å². The van der Waals surface area contributed by atoms with Crippen LogP contribution in [0.2, 0.25) is 5.02 Å². The number of hydrogen-bond donors (Lipinski definition) is 0. The first kappa shape index (κ1) is 21.5. The highest BCUT2D eigenvalue weighted by atomic mass is 35.5. The van der Waals surface area contributed by atoms with E-state index in [1.807, 2.05) is 0 Å². The molecular formula is C20H17ClN2O6S. The molecule has 3 aromatic rings. The van der Waals surface area contributed by atoms with Crippen molar-refractivity contribution < 1.29 is 22.1 Å². The largest absolute Gasteiger partial charge is 0.461 e. The molecule has 0 aliphatic carbocycles. The Kier molecular flexibility index (Phi) is 6.23. The minimum atomic E-state index is -4.33. The van der Waals surface area contributed by atoms with Crippen LogP contribution in [0, 0.1) is 6.92 Å². The fraction of sp³-hybridized carbons (Fsp3) is 0.150. The van der Waals surface area contributed by atoms with Gasteiger partial charge in [0.15, 0.2) is 5.75 Å². The number of halogens is 1. The molecule has 0 spiro atoms. The number of ether oxygens (including phenoxy) is 1. The highest BCUT2D eigenvalue weighted by Crippen LogP contribution is 2.23. The molecular weight excluding hydrogens is 432 g/mol. The number of carbonyl (C=O) groups excluding carboxylic acids is 1. The van der Waals surface area contributed by atoms with Gasteiger partial charge in [0.25, 0.3) is 5.56 Å². The molecule has 0 aliphatic rings. The molecule has 0 fully saturated rings. The molecule has 30 heavy (non-hydrogen) atoms. The number of carbonyl (C=O) groups is 1. The van der Waals surface area contributed by atoms with Crippen molar-refractivity contribution in [1.29, 1.82) is 0 Å². The van der Waals surface area contributed by atoms with Crippen LogP contribution in [0.25, 0.3) is 5.69 Å². The first-order valence-electron chi connectivity index (χ1n) is 8.80. The molecule has 0 N–H and O–H groups in total. The summed E-state index contributed by atoms with van der Waals surface area (Å²) in [6.07, 6.45) is 0. The van der Waals surface area contributed by atoms with Crippen LogP contribution in [0.5, 0.6) is 5.75 Å². The molecule has 0 bridgehead atoms. The lowest BCUT2D eigenvalue weighted by Gasteiger charge is -2.13. The normalized spacial score (nSPS) is 11.2. The zero-order valence-electron chi connectivity index (χ0n) is 16.0. The van der Waals surface area contributed by atoms with Gasteiger partial charge in [-0.3, -0.25) is 4.79 Å². The number of esters is 1. The van der Waals surface area contributed by atoms with Gasteiger partial charge in [0.1, 0.15) is 4.90 Å². The van der Waals surface area contributed by atoms with Crippen molar-refractivity contribution >= 4 is 27.7 Å². The van der Waals surface area contributed by atoms with E-state index in [1.54, 1.807) is 44.2 Å². The maximum Gasteiger partial charge on any atom is 0.362 e. The van der Waals surface area contributed by atoms with Crippen LogP contribution in [-0.2, 0) is 14.9 Å². The first-order valence-corrected chi connectivity index (χ1v) is 10.6. The molecule has 0 saturated heterocycles. The van der Waals surface area contributed by atoms with E-state index in [0.29, 0.717) is 0 Å². The van der Waals surface area contributed by atoms with Crippen molar-refractivity contribution in [3.63, 3.8) is 0 Å². The molecule has 2 aromatic carbocycles. The Morgan fingerprint density at radius 3 is 2.43 bits per heavy atom. The molecule has 0 radical (unpaired) electrons. The first-order chi connectivity index (χ1) is 14.2. The van der Waals surface area contributed by atoms with Gasteiger partial charge in [0.2, 0.25) is 5.69 Å². The zero-order valence-corrected chi connectivity index (χ0v) is 17.6. The average molecular weight is 449 g/mol. The van der Waals surface area contributed by atoms with E-state index in [2.05, 4.69) is 5.10 Å².